The van der Waals surface area contributed by atoms with Gasteiger partial charge in [0.1, 0.15) is 0 Å². The topological polar surface area (TPSA) is 28.2 Å². The first-order valence-electron chi connectivity index (χ1n) is 7.54. The number of hydrogen-bond donors (Lipinski definition) is 1. The molecule has 0 amide bonds. The zero-order valence-corrected chi connectivity index (χ0v) is 12.3. The van der Waals surface area contributed by atoms with Gasteiger partial charge in [0.15, 0.2) is 0 Å². The average molecular weight is 261 g/mol. The second-order valence-electron chi connectivity index (χ2n) is 5.81. The number of likely N-dealkylation sites (N-methyl/N-ethyl adjacent to an activating group) is 2. The minimum Gasteiger partial charge on any atom is -0.315 e. The molecule has 0 radical (unpaired) electrons. The van der Waals surface area contributed by atoms with E-state index in [9.17, 15) is 0 Å². The highest BCUT2D eigenvalue weighted by molar-refractivity contribution is 5.09. The third-order valence-corrected chi connectivity index (χ3v) is 4.38. The maximum atomic E-state index is 4.06. The van der Waals surface area contributed by atoms with Crippen molar-refractivity contribution in [3.05, 3.63) is 30.1 Å². The lowest BCUT2D eigenvalue weighted by atomic mass is 9.98. The maximum Gasteiger partial charge on any atom is 0.0270 e. The molecule has 0 aromatic carbocycles. The molecule has 106 valence electrons. The summed E-state index contributed by atoms with van der Waals surface area (Å²) in [5, 5.41) is 3.52. The predicted molar refractivity (Wildman–Crippen MR) is 80.2 cm³/mol. The summed E-state index contributed by atoms with van der Waals surface area (Å²) in [6.07, 6.45) is 10.5. The Morgan fingerprint density at radius 2 is 2.00 bits per heavy atom. The van der Waals surface area contributed by atoms with Gasteiger partial charge in [-0.05, 0) is 57.0 Å². The van der Waals surface area contributed by atoms with Crippen molar-refractivity contribution in [2.45, 2.75) is 38.1 Å². The molecule has 1 aliphatic carbocycles. The van der Waals surface area contributed by atoms with Crippen molar-refractivity contribution in [2.24, 2.45) is 5.92 Å². The highest BCUT2D eigenvalue weighted by Crippen LogP contribution is 2.27. The van der Waals surface area contributed by atoms with Crippen LogP contribution in [0.3, 0.4) is 0 Å². The molecule has 1 aromatic rings. The van der Waals surface area contributed by atoms with Crippen LogP contribution in [0.15, 0.2) is 24.5 Å². The van der Waals surface area contributed by atoms with Gasteiger partial charge in [-0.1, -0.05) is 12.8 Å². The Balaban J connectivity index is 1.74. The van der Waals surface area contributed by atoms with Crippen LogP contribution in [0.2, 0.25) is 0 Å². The molecule has 1 atom stereocenters. The van der Waals surface area contributed by atoms with E-state index in [1.165, 1.54) is 31.2 Å². The largest absolute Gasteiger partial charge is 0.315 e. The van der Waals surface area contributed by atoms with Crippen LogP contribution in [0.1, 0.15) is 31.2 Å². The second-order valence-corrected chi connectivity index (χ2v) is 5.81. The van der Waals surface area contributed by atoms with Gasteiger partial charge in [-0.2, -0.15) is 0 Å². The first kappa shape index (κ1) is 14.5. The molecule has 1 aromatic heterocycles. The number of nitrogens with one attached hydrogen (secondary N) is 1. The number of pyridine rings is 1. The van der Waals surface area contributed by atoms with Gasteiger partial charge in [-0.15, -0.1) is 0 Å². The Morgan fingerprint density at radius 3 is 2.63 bits per heavy atom. The fraction of sp³-hybridized carbons (Fsp3) is 0.688. The van der Waals surface area contributed by atoms with Crippen molar-refractivity contribution < 1.29 is 0 Å². The number of rotatable bonds is 7. The van der Waals surface area contributed by atoms with E-state index in [1.807, 2.05) is 12.4 Å². The molecule has 1 saturated carbocycles. The fourth-order valence-electron chi connectivity index (χ4n) is 3.13. The van der Waals surface area contributed by atoms with Crippen molar-refractivity contribution in [1.29, 1.82) is 0 Å². The number of aromatic nitrogens is 1. The van der Waals surface area contributed by atoms with Gasteiger partial charge in [0, 0.05) is 31.5 Å². The van der Waals surface area contributed by atoms with Gasteiger partial charge in [-0.25, -0.2) is 0 Å². The third-order valence-electron chi connectivity index (χ3n) is 4.38. The van der Waals surface area contributed by atoms with Crippen LogP contribution < -0.4 is 5.32 Å². The van der Waals surface area contributed by atoms with Crippen molar-refractivity contribution in [3.63, 3.8) is 0 Å². The average Bonchev–Trinajstić information content (AvgIpc) is 2.97. The summed E-state index contributed by atoms with van der Waals surface area (Å²) in [7, 11) is 4.35. The normalized spacial score (nSPS) is 18.1. The highest BCUT2D eigenvalue weighted by atomic mass is 15.1. The zero-order valence-electron chi connectivity index (χ0n) is 12.3. The lowest BCUT2D eigenvalue weighted by Gasteiger charge is -2.28. The standard InChI is InChI=1S/C16H27N3/c1-17-16(15-5-3-4-6-15)13-19(2)12-9-14-7-10-18-11-8-14/h7-8,10-11,15-17H,3-6,9,12-13H2,1-2H3. The first-order chi connectivity index (χ1) is 9.29. The van der Waals surface area contributed by atoms with Crippen molar-refractivity contribution in [1.82, 2.24) is 15.2 Å². The van der Waals surface area contributed by atoms with Gasteiger partial charge < -0.3 is 10.2 Å². The second kappa shape index (κ2) is 7.61. The van der Waals surface area contributed by atoms with Crippen LogP contribution in [0.25, 0.3) is 0 Å². The first-order valence-corrected chi connectivity index (χ1v) is 7.54. The number of hydrogen-bond acceptors (Lipinski definition) is 3. The molecular weight excluding hydrogens is 234 g/mol. The van der Waals surface area contributed by atoms with Gasteiger partial charge in [0.2, 0.25) is 0 Å². The minimum atomic E-state index is 0.657. The van der Waals surface area contributed by atoms with Crippen molar-refractivity contribution >= 4 is 0 Å². The van der Waals surface area contributed by atoms with E-state index in [4.69, 9.17) is 0 Å². The molecule has 1 N–H and O–H groups in total. The van der Waals surface area contributed by atoms with Crippen LogP contribution in [-0.2, 0) is 6.42 Å². The molecule has 2 rings (SSSR count). The van der Waals surface area contributed by atoms with E-state index < -0.39 is 0 Å². The molecule has 0 aliphatic heterocycles. The van der Waals surface area contributed by atoms with E-state index in [0.717, 1.165) is 25.4 Å². The Kier molecular flexibility index (Phi) is 5.80. The van der Waals surface area contributed by atoms with E-state index in [2.05, 4.69) is 41.4 Å². The Bertz CT molecular complexity index is 346. The summed E-state index contributed by atoms with van der Waals surface area (Å²) >= 11 is 0. The Hall–Kier alpha value is -0.930. The van der Waals surface area contributed by atoms with E-state index in [0.29, 0.717) is 6.04 Å². The van der Waals surface area contributed by atoms with E-state index in [1.54, 1.807) is 0 Å². The van der Waals surface area contributed by atoms with Crippen LogP contribution in [0.5, 0.6) is 0 Å². The fourth-order valence-corrected chi connectivity index (χ4v) is 3.13. The van der Waals surface area contributed by atoms with Crippen molar-refractivity contribution in [2.75, 3.05) is 27.2 Å². The molecule has 0 saturated heterocycles. The monoisotopic (exact) mass is 261 g/mol. The van der Waals surface area contributed by atoms with Crippen molar-refractivity contribution in [3.8, 4) is 0 Å². The van der Waals surface area contributed by atoms with Gasteiger partial charge in [0.25, 0.3) is 0 Å². The molecular formula is C16H27N3. The molecule has 1 unspecified atom stereocenters. The van der Waals surface area contributed by atoms with Crippen LogP contribution in [0, 0.1) is 5.92 Å². The Labute approximate surface area is 117 Å². The molecule has 19 heavy (non-hydrogen) atoms. The molecule has 3 heteroatoms. The third kappa shape index (κ3) is 4.59. The zero-order chi connectivity index (χ0) is 13.5. The maximum absolute atomic E-state index is 4.06. The molecule has 0 bridgehead atoms. The van der Waals surface area contributed by atoms with Crippen LogP contribution >= 0.6 is 0 Å². The summed E-state index contributed by atoms with van der Waals surface area (Å²) in [6, 6.07) is 4.88. The molecule has 1 heterocycles. The highest BCUT2D eigenvalue weighted by Gasteiger charge is 2.24. The summed E-state index contributed by atoms with van der Waals surface area (Å²) in [5.74, 6) is 0.883. The van der Waals surface area contributed by atoms with Gasteiger partial charge >= 0.3 is 0 Å². The summed E-state index contributed by atoms with van der Waals surface area (Å²) in [5.41, 5.74) is 1.38. The lowest BCUT2D eigenvalue weighted by Crippen LogP contribution is -2.42. The summed E-state index contributed by atoms with van der Waals surface area (Å²) in [6.45, 7) is 2.28. The minimum absolute atomic E-state index is 0.657. The molecule has 1 aliphatic rings. The summed E-state index contributed by atoms with van der Waals surface area (Å²) in [4.78, 5) is 6.52. The van der Waals surface area contributed by atoms with Crippen LogP contribution in [-0.4, -0.2) is 43.1 Å². The quantitative estimate of drug-likeness (QED) is 0.816. The number of nitrogens with zero attached hydrogens (tertiary/aromatic N) is 2. The van der Waals surface area contributed by atoms with Gasteiger partial charge in [0.05, 0.1) is 0 Å². The molecule has 3 nitrogen and oxygen atoms in total. The molecule has 0 spiro atoms. The lowest BCUT2D eigenvalue weighted by molar-refractivity contribution is 0.250. The SMILES string of the molecule is CNC(CN(C)CCc1ccncc1)C1CCCC1. The molecule has 1 fully saturated rings. The smallest absolute Gasteiger partial charge is 0.0270 e. The van der Waals surface area contributed by atoms with Gasteiger partial charge in [-0.3, -0.25) is 4.98 Å². The predicted octanol–water partition coefficient (Wildman–Crippen LogP) is 2.33. The van der Waals surface area contributed by atoms with Crippen LogP contribution in [0.4, 0.5) is 0 Å². The Morgan fingerprint density at radius 1 is 1.32 bits per heavy atom. The van der Waals surface area contributed by atoms with E-state index >= 15 is 0 Å². The van der Waals surface area contributed by atoms with E-state index in [-0.39, 0.29) is 0 Å². The summed E-state index contributed by atoms with van der Waals surface area (Å²) < 4.78 is 0.